The molecule has 3 amide bonds. The first kappa shape index (κ1) is 26.2. The number of halogens is 4. The summed E-state index contributed by atoms with van der Waals surface area (Å²) in [6, 6.07) is 14.2. The Hall–Kier alpha value is -2.82. The summed E-state index contributed by atoms with van der Waals surface area (Å²) in [4.78, 5) is 26.3. The van der Waals surface area contributed by atoms with Gasteiger partial charge in [0.2, 0.25) is 0 Å². The molecule has 0 atom stereocenters. The van der Waals surface area contributed by atoms with Crippen LogP contribution in [-0.4, -0.2) is 23.4 Å². The molecular formula is C26H20Cl2FIN2O4. The average Bonchev–Trinajstić information content (AvgIpc) is 3.09. The number of hydrogen-bond acceptors (Lipinski definition) is 4. The second-order valence-corrected chi connectivity index (χ2v) is 9.75. The molecule has 3 aromatic rings. The van der Waals surface area contributed by atoms with E-state index < -0.39 is 17.8 Å². The number of nitrogens with zero attached hydrogens (tertiary/aromatic N) is 1. The first-order valence-electron chi connectivity index (χ1n) is 10.9. The van der Waals surface area contributed by atoms with Gasteiger partial charge in [0, 0.05) is 5.56 Å². The quantitative estimate of drug-likeness (QED) is 0.167. The fraction of sp³-hybridized carbons (Fsp3) is 0.154. The van der Waals surface area contributed by atoms with Crippen molar-refractivity contribution in [3.05, 3.63) is 96.4 Å². The third-order valence-corrected chi connectivity index (χ3v) is 6.80. The van der Waals surface area contributed by atoms with Crippen LogP contribution in [0.2, 0.25) is 10.0 Å². The molecule has 0 aromatic heterocycles. The number of urea groups is 1. The maximum atomic E-state index is 14.0. The lowest BCUT2D eigenvalue weighted by molar-refractivity contribution is -0.123. The number of imide groups is 1. The highest BCUT2D eigenvalue weighted by Crippen LogP contribution is 2.36. The lowest BCUT2D eigenvalue weighted by Crippen LogP contribution is -2.30. The van der Waals surface area contributed by atoms with Gasteiger partial charge in [-0.05, 0) is 77.0 Å². The van der Waals surface area contributed by atoms with Crippen LogP contribution < -0.4 is 14.8 Å². The molecule has 0 spiro atoms. The Bertz CT molecular complexity index is 1370. The zero-order valence-electron chi connectivity index (χ0n) is 19.0. The SMILES string of the molecule is CCOc1cc(/C=C2/NC(=O)N(Cc3ccccc3F)C2=O)cc(I)c1OCc1ccc(Cl)c(Cl)c1. The summed E-state index contributed by atoms with van der Waals surface area (Å²) in [5, 5.41) is 3.46. The van der Waals surface area contributed by atoms with E-state index in [1.807, 2.05) is 13.0 Å². The largest absolute Gasteiger partial charge is 0.490 e. The maximum Gasteiger partial charge on any atom is 0.329 e. The number of carbonyl (C=O) groups excluding carboxylic acids is 2. The number of benzene rings is 3. The number of carbonyl (C=O) groups is 2. The van der Waals surface area contributed by atoms with Gasteiger partial charge in [0.05, 0.1) is 26.8 Å². The fourth-order valence-corrected chi connectivity index (χ4v) is 4.64. The Morgan fingerprint density at radius 3 is 2.56 bits per heavy atom. The van der Waals surface area contributed by atoms with E-state index >= 15 is 0 Å². The zero-order chi connectivity index (χ0) is 25.8. The lowest BCUT2D eigenvalue weighted by Gasteiger charge is -2.15. The standard InChI is InChI=1S/C26H20Cl2FIN2O4/c1-2-35-23-12-16(10-21(30)24(23)36-14-15-7-8-18(27)19(28)9-15)11-22-25(33)32(26(34)31-22)13-17-5-3-4-6-20(17)29/h3-12H,2,13-14H2,1H3,(H,31,34)/b22-11+. The topological polar surface area (TPSA) is 67.9 Å². The van der Waals surface area contributed by atoms with Crippen molar-refractivity contribution in [2.45, 2.75) is 20.1 Å². The third-order valence-electron chi connectivity index (χ3n) is 5.26. The van der Waals surface area contributed by atoms with E-state index in [0.717, 1.165) is 14.0 Å². The van der Waals surface area contributed by atoms with Crippen molar-refractivity contribution >= 4 is 63.8 Å². The van der Waals surface area contributed by atoms with Gasteiger partial charge in [0.1, 0.15) is 18.1 Å². The summed E-state index contributed by atoms with van der Waals surface area (Å²) in [6.45, 7) is 2.32. The number of nitrogens with one attached hydrogen (secondary N) is 1. The number of hydrogen-bond donors (Lipinski definition) is 1. The Kier molecular flexibility index (Phi) is 8.38. The predicted octanol–water partition coefficient (Wildman–Crippen LogP) is 6.81. The normalized spacial score (nSPS) is 14.4. The number of rotatable bonds is 8. The monoisotopic (exact) mass is 640 g/mol. The molecule has 1 fully saturated rings. The molecule has 1 N–H and O–H groups in total. The van der Waals surface area contributed by atoms with E-state index in [-0.39, 0.29) is 24.4 Å². The molecule has 1 aliphatic heterocycles. The van der Waals surface area contributed by atoms with Crippen molar-refractivity contribution in [2.75, 3.05) is 6.61 Å². The Labute approximate surface area is 231 Å². The number of amides is 3. The van der Waals surface area contributed by atoms with Crippen molar-refractivity contribution in [1.82, 2.24) is 10.2 Å². The van der Waals surface area contributed by atoms with Gasteiger partial charge in [-0.1, -0.05) is 47.5 Å². The summed E-state index contributed by atoms with van der Waals surface area (Å²) in [5.74, 6) is -0.0102. The van der Waals surface area contributed by atoms with Gasteiger partial charge in [-0.2, -0.15) is 0 Å². The fourth-order valence-electron chi connectivity index (χ4n) is 3.54. The van der Waals surface area contributed by atoms with Crippen molar-refractivity contribution in [1.29, 1.82) is 0 Å². The summed E-state index contributed by atoms with van der Waals surface area (Å²) < 4.78 is 26.6. The second kappa shape index (κ2) is 11.5. The molecule has 1 heterocycles. The van der Waals surface area contributed by atoms with Gasteiger partial charge in [-0.15, -0.1) is 0 Å². The van der Waals surface area contributed by atoms with E-state index in [0.29, 0.717) is 33.7 Å². The smallest absolute Gasteiger partial charge is 0.329 e. The van der Waals surface area contributed by atoms with Crippen LogP contribution >= 0.6 is 45.8 Å². The van der Waals surface area contributed by atoms with Gasteiger partial charge in [0.25, 0.3) is 5.91 Å². The first-order valence-corrected chi connectivity index (χ1v) is 12.7. The van der Waals surface area contributed by atoms with Gasteiger partial charge in [0.15, 0.2) is 11.5 Å². The van der Waals surface area contributed by atoms with Crippen molar-refractivity contribution in [2.24, 2.45) is 0 Å². The summed E-state index contributed by atoms with van der Waals surface area (Å²) in [5.41, 5.74) is 1.79. The highest BCUT2D eigenvalue weighted by Gasteiger charge is 2.34. The zero-order valence-corrected chi connectivity index (χ0v) is 22.7. The molecule has 1 saturated heterocycles. The molecule has 0 bridgehead atoms. The average molecular weight is 641 g/mol. The molecule has 3 aromatic carbocycles. The number of ether oxygens (including phenoxy) is 2. The van der Waals surface area contributed by atoms with Crippen molar-refractivity contribution < 1.29 is 23.5 Å². The molecule has 4 rings (SSSR count). The molecule has 36 heavy (non-hydrogen) atoms. The van der Waals surface area contributed by atoms with Crippen LogP contribution in [-0.2, 0) is 17.9 Å². The van der Waals surface area contributed by atoms with Crippen LogP contribution in [0, 0.1) is 9.39 Å². The second-order valence-electron chi connectivity index (χ2n) is 7.77. The summed E-state index contributed by atoms with van der Waals surface area (Å²) in [6.07, 6.45) is 1.55. The van der Waals surface area contributed by atoms with Gasteiger partial charge < -0.3 is 14.8 Å². The van der Waals surface area contributed by atoms with Crippen LogP contribution in [0.3, 0.4) is 0 Å². The van der Waals surface area contributed by atoms with Gasteiger partial charge in [-0.3, -0.25) is 9.69 Å². The van der Waals surface area contributed by atoms with E-state index in [2.05, 4.69) is 27.9 Å². The van der Waals surface area contributed by atoms with Crippen LogP contribution in [0.5, 0.6) is 11.5 Å². The predicted molar refractivity (Wildman–Crippen MR) is 145 cm³/mol. The summed E-state index contributed by atoms with van der Waals surface area (Å²) >= 11 is 14.2. The van der Waals surface area contributed by atoms with Gasteiger partial charge >= 0.3 is 6.03 Å². The van der Waals surface area contributed by atoms with Crippen molar-refractivity contribution in [3.63, 3.8) is 0 Å². The molecule has 0 aliphatic carbocycles. The summed E-state index contributed by atoms with van der Waals surface area (Å²) in [7, 11) is 0. The maximum absolute atomic E-state index is 14.0. The Morgan fingerprint density at radius 2 is 1.83 bits per heavy atom. The Balaban J connectivity index is 1.56. The molecule has 0 saturated carbocycles. The highest BCUT2D eigenvalue weighted by molar-refractivity contribution is 14.1. The molecular weight excluding hydrogens is 621 g/mol. The van der Waals surface area contributed by atoms with E-state index in [9.17, 15) is 14.0 Å². The first-order chi connectivity index (χ1) is 17.3. The molecule has 0 unspecified atom stereocenters. The van der Waals surface area contributed by atoms with Crippen LogP contribution in [0.15, 0.2) is 60.3 Å². The minimum atomic E-state index is -0.615. The molecule has 1 aliphatic rings. The molecule has 186 valence electrons. The van der Waals surface area contributed by atoms with E-state index in [4.69, 9.17) is 32.7 Å². The molecule has 10 heteroatoms. The molecule has 0 radical (unpaired) electrons. The van der Waals surface area contributed by atoms with Crippen LogP contribution in [0.25, 0.3) is 6.08 Å². The van der Waals surface area contributed by atoms with E-state index in [1.165, 1.54) is 12.1 Å². The Morgan fingerprint density at radius 1 is 1.06 bits per heavy atom. The minimum absolute atomic E-state index is 0.0825. The minimum Gasteiger partial charge on any atom is -0.490 e. The highest BCUT2D eigenvalue weighted by atomic mass is 127. The van der Waals surface area contributed by atoms with Crippen molar-refractivity contribution in [3.8, 4) is 11.5 Å². The lowest BCUT2D eigenvalue weighted by atomic mass is 10.1. The van der Waals surface area contributed by atoms with Crippen LogP contribution in [0.1, 0.15) is 23.6 Å². The molecule has 6 nitrogen and oxygen atoms in total. The van der Waals surface area contributed by atoms with Crippen LogP contribution in [0.4, 0.5) is 9.18 Å². The van der Waals surface area contributed by atoms with E-state index in [1.54, 1.807) is 42.5 Å². The third kappa shape index (κ3) is 5.93. The van der Waals surface area contributed by atoms with Gasteiger partial charge in [-0.25, -0.2) is 9.18 Å².